The van der Waals surface area contributed by atoms with Gasteiger partial charge in [0, 0.05) is 0 Å². The lowest BCUT2D eigenvalue weighted by Gasteiger charge is -2.20. The second kappa shape index (κ2) is 17.2. The van der Waals surface area contributed by atoms with Gasteiger partial charge >= 0.3 is 0 Å². The molecule has 0 N–H and O–H groups in total. The van der Waals surface area contributed by atoms with Crippen LogP contribution in [0.5, 0.6) is 23.0 Å². The summed E-state index contributed by atoms with van der Waals surface area (Å²) in [7, 11) is 1.62. The summed E-state index contributed by atoms with van der Waals surface area (Å²) in [5, 5.41) is 0. The molecule has 6 aromatic rings. The van der Waals surface area contributed by atoms with Gasteiger partial charge in [-0.25, -0.2) is 0 Å². The Morgan fingerprint density at radius 2 is 0.960 bits per heavy atom. The van der Waals surface area contributed by atoms with Gasteiger partial charge in [-0.3, -0.25) is 4.79 Å². The van der Waals surface area contributed by atoms with Crippen molar-refractivity contribution in [1.82, 2.24) is 0 Å². The van der Waals surface area contributed by atoms with Gasteiger partial charge < -0.3 is 23.7 Å². The third-order valence-corrected chi connectivity index (χ3v) is 7.88. The summed E-state index contributed by atoms with van der Waals surface area (Å²) in [6, 6.07) is 50.1. The zero-order valence-corrected chi connectivity index (χ0v) is 27.9. The molecule has 50 heavy (non-hydrogen) atoms. The molecule has 0 aliphatic carbocycles. The molecule has 6 nitrogen and oxygen atoms in total. The van der Waals surface area contributed by atoms with Crippen molar-refractivity contribution in [2.45, 2.75) is 26.4 Å². The Balaban J connectivity index is 1.42. The third-order valence-electron chi connectivity index (χ3n) is 7.88. The number of ether oxygens (including phenoxy) is 5. The van der Waals surface area contributed by atoms with Crippen LogP contribution < -0.4 is 18.9 Å². The minimum atomic E-state index is -0.362. The average Bonchev–Trinajstić information content (AvgIpc) is 3.18. The van der Waals surface area contributed by atoms with Gasteiger partial charge in [0.25, 0.3) is 0 Å². The number of benzene rings is 6. The molecule has 0 saturated heterocycles. The molecular formula is C44H38O6. The summed E-state index contributed by atoms with van der Waals surface area (Å²) >= 11 is 0. The zero-order valence-electron chi connectivity index (χ0n) is 27.9. The molecule has 0 fully saturated rings. The fraction of sp³-hybridized carbons (Fsp3) is 0.114. The van der Waals surface area contributed by atoms with Gasteiger partial charge in [0.05, 0.1) is 12.7 Å². The number of rotatable bonds is 16. The summed E-state index contributed by atoms with van der Waals surface area (Å²) in [5.74, 6) is 1.55. The number of methoxy groups -OCH3 is 1. The highest BCUT2D eigenvalue weighted by Crippen LogP contribution is 2.43. The first-order valence-corrected chi connectivity index (χ1v) is 16.4. The fourth-order valence-electron chi connectivity index (χ4n) is 5.20. The Labute approximate surface area is 293 Å². The molecule has 0 bridgehead atoms. The second-order valence-electron chi connectivity index (χ2n) is 11.5. The maximum absolute atomic E-state index is 14.6. The van der Waals surface area contributed by atoms with Crippen molar-refractivity contribution in [1.29, 1.82) is 0 Å². The molecule has 0 atom stereocenters. The molecule has 6 aromatic carbocycles. The van der Waals surface area contributed by atoms with Crippen molar-refractivity contribution >= 4 is 11.9 Å². The van der Waals surface area contributed by atoms with Crippen LogP contribution in [-0.4, -0.2) is 12.9 Å². The molecule has 6 rings (SSSR count). The first-order valence-electron chi connectivity index (χ1n) is 16.4. The zero-order chi connectivity index (χ0) is 34.4. The number of hydrogen-bond donors (Lipinski definition) is 0. The summed E-state index contributed by atoms with van der Waals surface area (Å²) < 4.78 is 31.0. The molecule has 0 aromatic heterocycles. The highest BCUT2D eigenvalue weighted by molar-refractivity contribution is 6.12. The van der Waals surface area contributed by atoms with Gasteiger partial charge in [0.1, 0.15) is 32.2 Å². The molecule has 0 saturated carbocycles. The lowest BCUT2D eigenvalue weighted by atomic mass is 10.0. The van der Waals surface area contributed by atoms with Crippen molar-refractivity contribution < 1.29 is 28.5 Å². The predicted octanol–water partition coefficient (Wildman–Crippen LogP) is 9.87. The van der Waals surface area contributed by atoms with E-state index in [1.165, 1.54) is 0 Å². The number of carbonyl (C=O) groups excluding carboxylic acids is 1. The van der Waals surface area contributed by atoms with E-state index in [0.717, 1.165) is 27.8 Å². The number of Topliss-reactive ketones (excluding diaryl/α,β-unsaturated/α-hetero) is 1. The summed E-state index contributed by atoms with van der Waals surface area (Å²) in [4.78, 5) is 14.6. The first-order chi connectivity index (χ1) is 24.7. The standard InChI is InChI=1S/C44H38O6/c1-46-38-24-22-33(23-25-38)28-41(48-30-35-16-8-3-9-17-35)42(45)39-26-27-40(47-29-34-14-6-2-7-15-34)44(50-32-37-20-12-5-13-21-37)43(39)49-31-36-18-10-4-11-19-36/h2-28H,29-32H2,1H3. The molecule has 0 unspecified atom stereocenters. The van der Waals surface area contributed by atoms with E-state index < -0.39 is 0 Å². The quantitative estimate of drug-likeness (QED) is 0.0584. The van der Waals surface area contributed by atoms with Crippen LogP contribution in [-0.2, 0) is 31.2 Å². The monoisotopic (exact) mass is 662 g/mol. The van der Waals surface area contributed by atoms with E-state index in [2.05, 4.69) is 0 Å². The minimum Gasteiger partial charge on any atom is -0.497 e. The second-order valence-corrected chi connectivity index (χ2v) is 11.5. The highest BCUT2D eigenvalue weighted by Gasteiger charge is 2.26. The van der Waals surface area contributed by atoms with Gasteiger partial charge in [0.2, 0.25) is 11.5 Å². The molecule has 6 heteroatoms. The van der Waals surface area contributed by atoms with Crippen LogP contribution in [0, 0.1) is 0 Å². The molecule has 0 radical (unpaired) electrons. The summed E-state index contributed by atoms with van der Waals surface area (Å²) in [6.45, 7) is 0.940. The Morgan fingerprint density at radius 1 is 0.500 bits per heavy atom. The van der Waals surface area contributed by atoms with Crippen molar-refractivity contribution in [3.63, 3.8) is 0 Å². The smallest absolute Gasteiger partial charge is 0.231 e. The Kier molecular flexibility index (Phi) is 11.6. The molecule has 0 spiro atoms. The highest BCUT2D eigenvalue weighted by atomic mass is 16.5. The molecule has 250 valence electrons. The lowest BCUT2D eigenvalue weighted by molar-refractivity contribution is 0.0904. The van der Waals surface area contributed by atoms with E-state index in [1.807, 2.05) is 146 Å². The SMILES string of the molecule is COc1ccc(C=C(OCc2ccccc2)C(=O)c2ccc(OCc3ccccc3)c(OCc3ccccc3)c2OCc2ccccc2)cc1. The number of ketones is 1. The van der Waals surface area contributed by atoms with Gasteiger partial charge in [-0.15, -0.1) is 0 Å². The largest absolute Gasteiger partial charge is 0.497 e. The maximum atomic E-state index is 14.6. The van der Waals surface area contributed by atoms with Crippen molar-refractivity contribution in [2.24, 2.45) is 0 Å². The average molecular weight is 663 g/mol. The van der Waals surface area contributed by atoms with Crippen LogP contribution in [0.25, 0.3) is 6.08 Å². The van der Waals surface area contributed by atoms with Crippen molar-refractivity contribution in [3.8, 4) is 23.0 Å². The number of allylic oxidation sites excluding steroid dienone is 1. The predicted molar refractivity (Wildman–Crippen MR) is 195 cm³/mol. The Bertz CT molecular complexity index is 1970. The van der Waals surface area contributed by atoms with Gasteiger partial charge in [0.15, 0.2) is 17.3 Å². The lowest BCUT2D eigenvalue weighted by Crippen LogP contribution is -2.12. The van der Waals surface area contributed by atoms with Crippen LogP contribution in [0.3, 0.4) is 0 Å². The normalized spacial score (nSPS) is 11.0. The first kappa shape index (κ1) is 33.6. The van der Waals surface area contributed by atoms with E-state index in [4.69, 9.17) is 23.7 Å². The summed E-state index contributed by atoms with van der Waals surface area (Å²) in [5.41, 5.74) is 4.87. The van der Waals surface area contributed by atoms with Gasteiger partial charge in [-0.05, 0) is 58.2 Å². The maximum Gasteiger partial charge on any atom is 0.231 e. The molecule has 0 aliphatic rings. The molecule has 0 aliphatic heterocycles. The van der Waals surface area contributed by atoms with E-state index >= 15 is 0 Å². The van der Waals surface area contributed by atoms with Crippen molar-refractivity contribution in [3.05, 3.63) is 197 Å². The van der Waals surface area contributed by atoms with Crippen molar-refractivity contribution in [2.75, 3.05) is 7.11 Å². The molecule has 0 heterocycles. The van der Waals surface area contributed by atoms with Gasteiger partial charge in [-0.2, -0.15) is 0 Å². The van der Waals surface area contributed by atoms with Crippen LogP contribution in [0.15, 0.2) is 163 Å². The molecular weight excluding hydrogens is 624 g/mol. The Morgan fingerprint density at radius 3 is 1.46 bits per heavy atom. The summed E-state index contributed by atoms with van der Waals surface area (Å²) in [6.07, 6.45) is 1.73. The van der Waals surface area contributed by atoms with Crippen LogP contribution in [0.2, 0.25) is 0 Å². The van der Waals surface area contributed by atoms with E-state index in [9.17, 15) is 4.79 Å². The number of hydrogen-bond acceptors (Lipinski definition) is 6. The Hall–Kier alpha value is -6.27. The van der Waals surface area contributed by atoms with E-state index in [0.29, 0.717) is 23.9 Å². The van der Waals surface area contributed by atoms with Crippen LogP contribution in [0.1, 0.15) is 38.2 Å². The van der Waals surface area contributed by atoms with Crippen LogP contribution in [0.4, 0.5) is 0 Å². The molecule has 0 amide bonds. The number of carbonyl (C=O) groups is 1. The topological polar surface area (TPSA) is 63.2 Å². The third kappa shape index (κ3) is 9.20. The van der Waals surface area contributed by atoms with Gasteiger partial charge in [-0.1, -0.05) is 133 Å². The minimum absolute atomic E-state index is 0.149. The fourth-order valence-corrected chi connectivity index (χ4v) is 5.20. The van der Waals surface area contributed by atoms with Crippen LogP contribution >= 0.6 is 0 Å². The van der Waals surface area contributed by atoms with E-state index in [1.54, 1.807) is 25.3 Å². The van der Waals surface area contributed by atoms with E-state index in [-0.39, 0.29) is 42.7 Å².